The summed E-state index contributed by atoms with van der Waals surface area (Å²) in [5.41, 5.74) is 2.49. The monoisotopic (exact) mass is 289 g/mol. The summed E-state index contributed by atoms with van der Waals surface area (Å²) in [6.07, 6.45) is 5.49. The minimum absolute atomic E-state index is 0.383. The molecule has 114 valence electrons. The predicted molar refractivity (Wildman–Crippen MR) is 81.1 cm³/mol. The summed E-state index contributed by atoms with van der Waals surface area (Å²) in [4.78, 5) is 13.9. The van der Waals surface area contributed by atoms with Gasteiger partial charge in [-0.15, -0.1) is 0 Å². The van der Waals surface area contributed by atoms with Crippen molar-refractivity contribution >= 4 is 5.97 Å². The van der Waals surface area contributed by atoms with Crippen molar-refractivity contribution in [2.24, 2.45) is 0 Å². The molecule has 2 aliphatic rings. The Bertz CT molecular complexity index is 539. The maximum atomic E-state index is 11.3. The van der Waals surface area contributed by atoms with Crippen LogP contribution in [0, 0.1) is 0 Å². The fourth-order valence-corrected chi connectivity index (χ4v) is 3.68. The molecule has 4 nitrogen and oxygen atoms in total. The minimum Gasteiger partial charge on any atom is -0.493 e. The summed E-state index contributed by atoms with van der Waals surface area (Å²) in [6.45, 7) is 5.04. The van der Waals surface area contributed by atoms with Crippen LogP contribution in [0.3, 0.4) is 0 Å². The van der Waals surface area contributed by atoms with E-state index < -0.39 is 5.97 Å². The number of nitrogens with zero attached hydrogens (tertiary/aromatic N) is 1. The van der Waals surface area contributed by atoms with Crippen LogP contribution in [0.25, 0.3) is 0 Å². The molecule has 2 heterocycles. The lowest BCUT2D eigenvalue weighted by molar-refractivity contribution is 0.0695. The van der Waals surface area contributed by atoms with Gasteiger partial charge in [-0.2, -0.15) is 0 Å². The fourth-order valence-electron chi connectivity index (χ4n) is 3.68. The van der Waals surface area contributed by atoms with E-state index in [1.165, 1.54) is 18.4 Å². The minimum atomic E-state index is -0.850. The lowest BCUT2D eigenvalue weighted by Crippen LogP contribution is -2.34. The molecule has 1 aromatic rings. The maximum Gasteiger partial charge on any atom is 0.336 e. The van der Waals surface area contributed by atoms with Crippen LogP contribution in [-0.2, 0) is 6.42 Å². The molecule has 0 radical (unpaired) electrons. The molecule has 1 aromatic carbocycles. The number of rotatable bonds is 4. The first-order valence-corrected chi connectivity index (χ1v) is 7.98. The standard InChI is InChI=1S/C17H23NO3/c1-2-9-18-10-4-3-5-15(18)14-7-6-13(17(19)20)12-8-11-21-16(12)14/h6-7,15H,2-5,8-11H2,1H3,(H,19,20). The highest BCUT2D eigenvalue weighted by Crippen LogP contribution is 2.41. The van der Waals surface area contributed by atoms with Gasteiger partial charge in [-0.25, -0.2) is 4.79 Å². The smallest absolute Gasteiger partial charge is 0.336 e. The van der Waals surface area contributed by atoms with Crippen LogP contribution in [0.2, 0.25) is 0 Å². The zero-order chi connectivity index (χ0) is 14.8. The highest BCUT2D eigenvalue weighted by Gasteiger charge is 2.30. The lowest BCUT2D eigenvalue weighted by Gasteiger charge is -2.36. The van der Waals surface area contributed by atoms with Gasteiger partial charge < -0.3 is 9.84 Å². The first-order valence-electron chi connectivity index (χ1n) is 7.98. The molecule has 2 aliphatic heterocycles. The second-order valence-corrected chi connectivity index (χ2v) is 5.96. The molecule has 1 unspecified atom stereocenters. The molecule has 0 saturated carbocycles. The Hall–Kier alpha value is -1.55. The molecule has 1 atom stereocenters. The summed E-state index contributed by atoms with van der Waals surface area (Å²) in [5, 5.41) is 9.32. The number of carboxylic acid groups (broad SMARTS) is 1. The number of piperidine rings is 1. The Labute approximate surface area is 125 Å². The molecule has 1 N–H and O–H groups in total. The number of likely N-dealkylation sites (tertiary alicyclic amines) is 1. The second-order valence-electron chi connectivity index (χ2n) is 5.96. The Morgan fingerprint density at radius 3 is 3.05 bits per heavy atom. The van der Waals surface area contributed by atoms with Gasteiger partial charge in [-0.3, -0.25) is 4.90 Å². The quantitative estimate of drug-likeness (QED) is 0.924. The van der Waals surface area contributed by atoms with Crippen molar-refractivity contribution in [3.05, 3.63) is 28.8 Å². The third-order valence-electron chi connectivity index (χ3n) is 4.60. The molecule has 0 aromatic heterocycles. The molecular weight excluding hydrogens is 266 g/mol. The number of benzene rings is 1. The summed E-state index contributed by atoms with van der Waals surface area (Å²) in [6, 6.07) is 4.13. The van der Waals surface area contributed by atoms with Crippen LogP contribution in [0.5, 0.6) is 5.75 Å². The van der Waals surface area contributed by atoms with Crippen LogP contribution >= 0.6 is 0 Å². The summed E-state index contributed by atoms with van der Waals surface area (Å²) in [7, 11) is 0. The molecule has 0 bridgehead atoms. The van der Waals surface area contributed by atoms with Gasteiger partial charge in [0.1, 0.15) is 5.75 Å². The Morgan fingerprint density at radius 1 is 1.43 bits per heavy atom. The Balaban J connectivity index is 1.98. The number of aromatic carboxylic acids is 1. The second kappa shape index (κ2) is 6.06. The van der Waals surface area contributed by atoms with Crippen LogP contribution < -0.4 is 4.74 Å². The van der Waals surface area contributed by atoms with E-state index in [0.29, 0.717) is 24.6 Å². The van der Waals surface area contributed by atoms with Crippen molar-refractivity contribution in [3.8, 4) is 5.75 Å². The van der Waals surface area contributed by atoms with Gasteiger partial charge in [0.25, 0.3) is 0 Å². The lowest BCUT2D eigenvalue weighted by atomic mass is 9.91. The highest BCUT2D eigenvalue weighted by molar-refractivity contribution is 5.90. The van der Waals surface area contributed by atoms with E-state index in [-0.39, 0.29) is 0 Å². The van der Waals surface area contributed by atoms with E-state index >= 15 is 0 Å². The zero-order valence-corrected chi connectivity index (χ0v) is 12.6. The molecule has 4 heteroatoms. The Kier molecular flexibility index (Phi) is 4.15. The average Bonchev–Trinajstić information content (AvgIpc) is 2.96. The van der Waals surface area contributed by atoms with Crippen molar-refractivity contribution in [2.75, 3.05) is 19.7 Å². The molecule has 1 saturated heterocycles. The van der Waals surface area contributed by atoms with Gasteiger partial charge in [0.2, 0.25) is 0 Å². The first kappa shape index (κ1) is 14.4. The van der Waals surface area contributed by atoms with Gasteiger partial charge in [-0.1, -0.05) is 19.4 Å². The van der Waals surface area contributed by atoms with E-state index in [4.69, 9.17) is 4.74 Å². The number of fused-ring (bicyclic) bond motifs is 1. The maximum absolute atomic E-state index is 11.3. The predicted octanol–water partition coefficient (Wildman–Crippen LogP) is 3.26. The highest BCUT2D eigenvalue weighted by atomic mass is 16.5. The van der Waals surface area contributed by atoms with Gasteiger partial charge in [0.15, 0.2) is 0 Å². The van der Waals surface area contributed by atoms with Crippen LogP contribution in [0.4, 0.5) is 0 Å². The van der Waals surface area contributed by atoms with E-state index in [9.17, 15) is 9.90 Å². The van der Waals surface area contributed by atoms with Gasteiger partial charge >= 0.3 is 5.97 Å². The number of hydrogen-bond acceptors (Lipinski definition) is 3. The molecule has 3 rings (SSSR count). The van der Waals surface area contributed by atoms with Gasteiger partial charge in [0, 0.05) is 23.6 Å². The number of carbonyl (C=O) groups is 1. The van der Waals surface area contributed by atoms with E-state index in [2.05, 4.69) is 11.8 Å². The van der Waals surface area contributed by atoms with Crippen molar-refractivity contribution in [3.63, 3.8) is 0 Å². The van der Waals surface area contributed by atoms with Gasteiger partial charge in [0.05, 0.1) is 12.2 Å². The average molecular weight is 289 g/mol. The largest absolute Gasteiger partial charge is 0.493 e. The van der Waals surface area contributed by atoms with Crippen molar-refractivity contribution in [1.82, 2.24) is 4.90 Å². The van der Waals surface area contributed by atoms with Crippen LogP contribution in [0.1, 0.15) is 60.1 Å². The molecular formula is C17H23NO3. The SMILES string of the molecule is CCCN1CCCCC1c1ccc(C(=O)O)c2c1OCC2. The van der Waals surface area contributed by atoms with Crippen LogP contribution in [-0.4, -0.2) is 35.7 Å². The van der Waals surface area contributed by atoms with E-state index in [1.54, 1.807) is 6.07 Å². The molecule has 0 aliphatic carbocycles. The van der Waals surface area contributed by atoms with Crippen molar-refractivity contribution < 1.29 is 14.6 Å². The fraction of sp³-hybridized carbons (Fsp3) is 0.588. The summed E-state index contributed by atoms with van der Waals surface area (Å²) < 4.78 is 5.81. The third-order valence-corrected chi connectivity index (χ3v) is 4.60. The zero-order valence-electron chi connectivity index (χ0n) is 12.6. The van der Waals surface area contributed by atoms with Crippen molar-refractivity contribution in [2.45, 2.75) is 45.1 Å². The first-order chi connectivity index (χ1) is 10.2. The third kappa shape index (κ3) is 2.64. The topological polar surface area (TPSA) is 49.8 Å². The Morgan fingerprint density at radius 2 is 2.29 bits per heavy atom. The van der Waals surface area contributed by atoms with Gasteiger partial charge in [-0.05, 0) is 38.4 Å². The van der Waals surface area contributed by atoms with Crippen molar-refractivity contribution in [1.29, 1.82) is 0 Å². The van der Waals surface area contributed by atoms with E-state index in [1.807, 2.05) is 6.07 Å². The molecule has 0 amide bonds. The number of ether oxygens (including phenoxy) is 1. The number of carboxylic acids is 1. The normalized spacial score (nSPS) is 21.9. The molecule has 21 heavy (non-hydrogen) atoms. The molecule has 1 fully saturated rings. The van der Waals surface area contributed by atoms with Crippen LogP contribution in [0.15, 0.2) is 12.1 Å². The molecule has 0 spiro atoms. The summed E-state index contributed by atoms with van der Waals surface area (Å²) >= 11 is 0. The number of hydrogen-bond donors (Lipinski definition) is 1. The summed E-state index contributed by atoms with van der Waals surface area (Å²) in [5.74, 6) is 0.000242. The van der Waals surface area contributed by atoms with E-state index in [0.717, 1.165) is 37.2 Å².